The number of carbonyl (C=O) groups excluding carboxylic acids is 1. The fourth-order valence-corrected chi connectivity index (χ4v) is 2.90. The number of nitrogens with zero attached hydrogens (tertiary/aromatic N) is 4. The smallest absolute Gasteiger partial charge is 0.332 e. The Morgan fingerprint density at radius 3 is 2.52 bits per heavy atom. The standard InChI is InChI=1S/C13H17N5O7/c1-16-10-4(11(23)17(2)13(16)24)18(3-15-10)12-6(20)5(19)8(25-12)7(21)9(14)22/h3,5-8,12,19-21H,1-2H3,(H2,14,22)/t5-,6-,7+,8+,12-/m1/s1. The van der Waals surface area contributed by atoms with Crippen molar-refractivity contribution in [2.24, 2.45) is 19.8 Å². The molecule has 1 amide bonds. The van der Waals surface area contributed by atoms with Crippen molar-refractivity contribution in [2.45, 2.75) is 30.6 Å². The Kier molecular flexibility index (Phi) is 3.99. The third kappa shape index (κ3) is 2.38. The molecule has 1 saturated heterocycles. The van der Waals surface area contributed by atoms with Crippen molar-refractivity contribution in [3.63, 3.8) is 0 Å². The molecule has 136 valence electrons. The van der Waals surface area contributed by atoms with E-state index in [-0.39, 0.29) is 11.2 Å². The highest BCUT2D eigenvalue weighted by Gasteiger charge is 2.48. The molecule has 0 aromatic carbocycles. The van der Waals surface area contributed by atoms with E-state index >= 15 is 0 Å². The van der Waals surface area contributed by atoms with Crippen LogP contribution in [0.1, 0.15) is 6.23 Å². The number of aryl methyl sites for hydroxylation is 1. The van der Waals surface area contributed by atoms with Crippen molar-refractivity contribution in [1.29, 1.82) is 0 Å². The summed E-state index contributed by atoms with van der Waals surface area (Å²) in [6.07, 6.45) is -6.68. The van der Waals surface area contributed by atoms with Crippen LogP contribution in [0.3, 0.4) is 0 Å². The van der Waals surface area contributed by atoms with E-state index in [1.54, 1.807) is 0 Å². The van der Waals surface area contributed by atoms with E-state index in [1.807, 2.05) is 0 Å². The zero-order valence-corrected chi connectivity index (χ0v) is 13.3. The van der Waals surface area contributed by atoms with Gasteiger partial charge in [-0.1, -0.05) is 0 Å². The van der Waals surface area contributed by atoms with Crippen LogP contribution < -0.4 is 17.0 Å². The van der Waals surface area contributed by atoms with Crippen LogP contribution >= 0.6 is 0 Å². The zero-order chi connectivity index (χ0) is 18.6. The van der Waals surface area contributed by atoms with Gasteiger partial charge in [0.15, 0.2) is 23.5 Å². The van der Waals surface area contributed by atoms with Gasteiger partial charge in [-0.25, -0.2) is 9.78 Å². The van der Waals surface area contributed by atoms with Gasteiger partial charge in [0.1, 0.15) is 18.3 Å². The topological polar surface area (TPSA) is 175 Å². The number of ether oxygens (including phenoxy) is 1. The predicted octanol–water partition coefficient (Wildman–Crippen LogP) is -4.10. The molecule has 0 bridgehead atoms. The van der Waals surface area contributed by atoms with Crippen LogP contribution in [0.2, 0.25) is 0 Å². The molecule has 1 aliphatic rings. The molecule has 12 heteroatoms. The highest BCUT2D eigenvalue weighted by molar-refractivity contribution is 5.79. The number of imidazole rings is 1. The number of aliphatic hydroxyl groups is 3. The first-order valence-corrected chi connectivity index (χ1v) is 7.28. The van der Waals surface area contributed by atoms with Crippen molar-refractivity contribution in [2.75, 3.05) is 0 Å². The maximum atomic E-state index is 12.4. The summed E-state index contributed by atoms with van der Waals surface area (Å²) in [5.74, 6) is -1.13. The van der Waals surface area contributed by atoms with Gasteiger partial charge in [0.2, 0.25) is 5.91 Å². The lowest BCUT2D eigenvalue weighted by molar-refractivity contribution is -0.140. The quantitative estimate of drug-likeness (QED) is 0.429. The van der Waals surface area contributed by atoms with E-state index in [0.717, 1.165) is 20.0 Å². The van der Waals surface area contributed by atoms with Crippen molar-refractivity contribution in [3.05, 3.63) is 27.2 Å². The highest BCUT2D eigenvalue weighted by atomic mass is 16.6. The normalized spacial score (nSPS) is 27.7. The molecule has 12 nitrogen and oxygen atoms in total. The van der Waals surface area contributed by atoms with Crippen LogP contribution in [0.25, 0.3) is 11.2 Å². The Morgan fingerprint density at radius 2 is 1.92 bits per heavy atom. The Hall–Kier alpha value is -2.54. The van der Waals surface area contributed by atoms with E-state index in [1.165, 1.54) is 14.1 Å². The van der Waals surface area contributed by atoms with Crippen molar-refractivity contribution in [1.82, 2.24) is 18.7 Å². The molecule has 2 aromatic rings. The largest absolute Gasteiger partial charge is 0.387 e. The van der Waals surface area contributed by atoms with E-state index in [0.29, 0.717) is 0 Å². The summed E-state index contributed by atoms with van der Waals surface area (Å²) in [7, 11) is 2.70. The van der Waals surface area contributed by atoms with E-state index < -0.39 is 47.8 Å². The van der Waals surface area contributed by atoms with Crippen molar-refractivity contribution in [3.8, 4) is 0 Å². The minimum absolute atomic E-state index is 0.0462. The van der Waals surface area contributed by atoms with Crippen LogP contribution in [0.4, 0.5) is 0 Å². The number of fused-ring (bicyclic) bond motifs is 1. The SMILES string of the molecule is Cn1c(=O)c2c(ncn2[C@@H]2O[C@H]([C@H](O)C(N)=O)[C@H](O)[C@H]2O)n(C)c1=O. The van der Waals surface area contributed by atoms with Crippen LogP contribution in [-0.2, 0) is 23.6 Å². The Bertz CT molecular complexity index is 960. The van der Waals surface area contributed by atoms with Crippen LogP contribution in [-0.4, -0.2) is 64.3 Å². The van der Waals surface area contributed by atoms with Gasteiger partial charge in [0.05, 0.1) is 6.33 Å². The number of hydrogen-bond acceptors (Lipinski definition) is 8. The summed E-state index contributed by atoms with van der Waals surface area (Å²) < 4.78 is 8.50. The average Bonchev–Trinajstić information content (AvgIpc) is 3.13. The molecule has 0 radical (unpaired) electrons. The lowest BCUT2D eigenvalue weighted by Crippen LogP contribution is -2.45. The molecular weight excluding hydrogens is 338 g/mol. The first-order chi connectivity index (χ1) is 11.7. The second kappa shape index (κ2) is 5.77. The van der Waals surface area contributed by atoms with Gasteiger partial charge in [0, 0.05) is 14.1 Å². The first kappa shape index (κ1) is 17.3. The molecule has 5 atom stereocenters. The van der Waals surface area contributed by atoms with Gasteiger partial charge in [-0.3, -0.25) is 23.3 Å². The summed E-state index contributed by atoms with van der Waals surface area (Å²) in [6, 6.07) is 0. The molecule has 1 aliphatic heterocycles. The summed E-state index contributed by atoms with van der Waals surface area (Å²) in [5.41, 5.74) is 3.73. The summed E-state index contributed by atoms with van der Waals surface area (Å²) in [5, 5.41) is 30.0. The predicted molar refractivity (Wildman–Crippen MR) is 81.3 cm³/mol. The van der Waals surface area contributed by atoms with Gasteiger partial charge in [-0.05, 0) is 0 Å². The number of hydrogen-bond donors (Lipinski definition) is 4. The third-order valence-electron chi connectivity index (χ3n) is 4.33. The molecule has 25 heavy (non-hydrogen) atoms. The lowest BCUT2D eigenvalue weighted by Gasteiger charge is -2.18. The fraction of sp³-hybridized carbons (Fsp3) is 0.538. The summed E-state index contributed by atoms with van der Waals surface area (Å²) >= 11 is 0. The van der Waals surface area contributed by atoms with E-state index in [4.69, 9.17) is 10.5 Å². The van der Waals surface area contributed by atoms with Crippen LogP contribution in [0.15, 0.2) is 15.9 Å². The first-order valence-electron chi connectivity index (χ1n) is 7.28. The average molecular weight is 355 g/mol. The van der Waals surface area contributed by atoms with Crippen LogP contribution in [0, 0.1) is 0 Å². The summed E-state index contributed by atoms with van der Waals surface area (Å²) in [6.45, 7) is 0. The Morgan fingerprint density at radius 1 is 1.28 bits per heavy atom. The molecule has 0 spiro atoms. The molecular formula is C13H17N5O7. The fourth-order valence-electron chi connectivity index (χ4n) is 2.90. The molecule has 2 aromatic heterocycles. The highest BCUT2D eigenvalue weighted by Crippen LogP contribution is 2.32. The van der Waals surface area contributed by atoms with Gasteiger partial charge in [-0.2, -0.15) is 0 Å². The van der Waals surface area contributed by atoms with Crippen LogP contribution in [0.5, 0.6) is 0 Å². The molecule has 5 N–H and O–H groups in total. The van der Waals surface area contributed by atoms with Gasteiger partial charge in [-0.15, -0.1) is 0 Å². The van der Waals surface area contributed by atoms with Gasteiger partial charge in [0.25, 0.3) is 5.56 Å². The second-order valence-electron chi connectivity index (χ2n) is 5.85. The van der Waals surface area contributed by atoms with E-state index in [2.05, 4.69) is 4.98 Å². The maximum Gasteiger partial charge on any atom is 0.332 e. The minimum Gasteiger partial charge on any atom is -0.387 e. The third-order valence-corrected chi connectivity index (χ3v) is 4.33. The molecule has 0 unspecified atom stereocenters. The number of carbonyl (C=O) groups is 1. The van der Waals surface area contributed by atoms with Gasteiger partial charge < -0.3 is 25.8 Å². The number of aromatic nitrogens is 4. The maximum absolute atomic E-state index is 12.4. The van der Waals surface area contributed by atoms with Crippen molar-refractivity contribution >= 4 is 17.1 Å². The van der Waals surface area contributed by atoms with E-state index in [9.17, 15) is 29.7 Å². The number of nitrogens with two attached hydrogens (primary N) is 1. The molecule has 0 saturated carbocycles. The zero-order valence-electron chi connectivity index (χ0n) is 13.3. The van der Waals surface area contributed by atoms with Crippen molar-refractivity contribution < 1.29 is 24.9 Å². The second-order valence-corrected chi connectivity index (χ2v) is 5.85. The molecule has 1 fully saturated rings. The molecule has 0 aliphatic carbocycles. The lowest BCUT2D eigenvalue weighted by atomic mass is 10.1. The minimum atomic E-state index is -1.85. The number of rotatable bonds is 3. The number of amides is 1. The monoisotopic (exact) mass is 355 g/mol. The Labute approximate surface area is 139 Å². The summed E-state index contributed by atoms with van der Waals surface area (Å²) in [4.78, 5) is 39.4. The van der Waals surface area contributed by atoms with Gasteiger partial charge >= 0.3 is 5.69 Å². The Balaban J connectivity index is 2.13. The number of aliphatic hydroxyl groups excluding tert-OH is 3. The molecule has 3 rings (SSSR count). The number of primary amides is 1. The molecule has 3 heterocycles.